The predicted molar refractivity (Wildman–Crippen MR) is 46.6 cm³/mol. The Morgan fingerprint density at radius 2 is 2.23 bits per heavy atom. The van der Waals surface area contributed by atoms with Gasteiger partial charge in [-0.2, -0.15) is 0 Å². The van der Waals surface area contributed by atoms with Crippen molar-refractivity contribution in [2.45, 2.75) is 25.9 Å². The summed E-state index contributed by atoms with van der Waals surface area (Å²) in [6, 6.07) is 0. The van der Waals surface area contributed by atoms with Crippen molar-refractivity contribution in [3.63, 3.8) is 0 Å². The van der Waals surface area contributed by atoms with Crippen molar-refractivity contribution in [3.05, 3.63) is 12.2 Å². The van der Waals surface area contributed by atoms with Gasteiger partial charge in [-0.1, -0.05) is 6.08 Å². The summed E-state index contributed by atoms with van der Waals surface area (Å²) in [4.78, 5) is 21.6. The number of allylic oxidation sites excluding steroid dienone is 1. The Bertz CT molecular complexity index is 247. The highest BCUT2D eigenvalue weighted by molar-refractivity contribution is 5.78. The van der Waals surface area contributed by atoms with E-state index in [1.165, 1.54) is 6.92 Å². The summed E-state index contributed by atoms with van der Waals surface area (Å²) in [6.07, 6.45) is 4.62. The van der Waals surface area contributed by atoms with Crippen molar-refractivity contribution >= 4 is 11.9 Å². The molecule has 1 amide bonds. The van der Waals surface area contributed by atoms with Crippen LogP contribution in [0.4, 0.5) is 0 Å². The standard InChI is InChI=1S/C9H13NO3/c1-6(11)13-8-5-3-2-4-7(8)9(10)12/h3,5,7-8H,2,4H2,1H3,(H2,10,12). The third-order valence-corrected chi connectivity index (χ3v) is 2.03. The Balaban J connectivity index is 2.66. The van der Waals surface area contributed by atoms with Gasteiger partial charge in [0.25, 0.3) is 0 Å². The van der Waals surface area contributed by atoms with E-state index in [0.29, 0.717) is 6.42 Å². The topological polar surface area (TPSA) is 69.4 Å². The molecule has 0 spiro atoms. The minimum Gasteiger partial charge on any atom is -0.457 e. The quantitative estimate of drug-likeness (QED) is 0.496. The van der Waals surface area contributed by atoms with Crippen LogP contribution in [0, 0.1) is 5.92 Å². The number of amides is 1. The van der Waals surface area contributed by atoms with Crippen LogP contribution in [0.1, 0.15) is 19.8 Å². The van der Waals surface area contributed by atoms with E-state index in [0.717, 1.165) is 6.42 Å². The smallest absolute Gasteiger partial charge is 0.303 e. The van der Waals surface area contributed by atoms with Crippen molar-refractivity contribution in [1.82, 2.24) is 0 Å². The van der Waals surface area contributed by atoms with Gasteiger partial charge in [-0.05, 0) is 18.9 Å². The second kappa shape index (κ2) is 4.07. The fraction of sp³-hybridized carbons (Fsp3) is 0.556. The molecule has 2 unspecified atom stereocenters. The number of primary amides is 1. The van der Waals surface area contributed by atoms with E-state index in [4.69, 9.17) is 10.5 Å². The first kappa shape index (κ1) is 9.77. The molecular formula is C9H13NO3. The highest BCUT2D eigenvalue weighted by Crippen LogP contribution is 2.21. The van der Waals surface area contributed by atoms with Crippen LogP contribution in [0.15, 0.2) is 12.2 Å². The molecule has 1 rings (SSSR count). The number of ether oxygens (including phenoxy) is 1. The van der Waals surface area contributed by atoms with Crippen LogP contribution < -0.4 is 5.73 Å². The lowest BCUT2D eigenvalue weighted by Gasteiger charge is -2.24. The Morgan fingerprint density at radius 3 is 2.77 bits per heavy atom. The molecule has 0 saturated heterocycles. The first-order chi connectivity index (χ1) is 6.11. The second-order valence-corrected chi connectivity index (χ2v) is 3.09. The molecule has 0 saturated carbocycles. The van der Waals surface area contributed by atoms with Crippen LogP contribution in [0.25, 0.3) is 0 Å². The molecule has 0 bridgehead atoms. The van der Waals surface area contributed by atoms with E-state index >= 15 is 0 Å². The largest absolute Gasteiger partial charge is 0.457 e. The van der Waals surface area contributed by atoms with Gasteiger partial charge >= 0.3 is 5.97 Å². The number of nitrogens with two attached hydrogens (primary N) is 1. The van der Waals surface area contributed by atoms with Gasteiger partial charge in [0, 0.05) is 6.92 Å². The second-order valence-electron chi connectivity index (χ2n) is 3.09. The molecule has 2 N–H and O–H groups in total. The van der Waals surface area contributed by atoms with E-state index in [1.807, 2.05) is 6.08 Å². The van der Waals surface area contributed by atoms with Gasteiger partial charge in [-0.3, -0.25) is 9.59 Å². The van der Waals surface area contributed by atoms with Gasteiger partial charge < -0.3 is 10.5 Å². The summed E-state index contributed by atoms with van der Waals surface area (Å²) in [5.74, 6) is -1.16. The van der Waals surface area contributed by atoms with E-state index in [-0.39, 0.29) is 11.9 Å². The van der Waals surface area contributed by atoms with Gasteiger partial charge in [0.1, 0.15) is 6.10 Å². The zero-order valence-corrected chi connectivity index (χ0v) is 7.53. The normalized spacial score (nSPS) is 26.8. The lowest BCUT2D eigenvalue weighted by Crippen LogP contribution is -2.36. The number of carbonyl (C=O) groups is 2. The average Bonchev–Trinajstić information content (AvgIpc) is 2.03. The number of hydrogen-bond donors (Lipinski definition) is 1. The third kappa shape index (κ3) is 2.57. The average molecular weight is 183 g/mol. The summed E-state index contributed by atoms with van der Waals surface area (Å²) < 4.78 is 4.94. The summed E-state index contributed by atoms with van der Waals surface area (Å²) in [6.45, 7) is 1.32. The molecule has 1 aliphatic carbocycles. The SMILES string of the molecule is CC(=O)OC1C=CCCC1C(N)=O. The van der Waals surface area contributed by atoms with Gasteiger partial charge in [-0.25, -0.2) is 0 Å². The fourth-order valence-corrected chi connectivity index (χ4v) is 1.42. The van der Waals surface area contributed by atoms with Crippen LogP contribution in [-0.2, 0) is 14.3 Å². The Hall–Kier alpha value is -1.32. The van der Waals surface area contributed by atoms with Gasteiger partial charge in [0.15, 0.2) is 0 Å². The maximum absolute atomic E-state index is 10.9. The van der Waals surface area contributed by atoms with Crippen molar-refractivity contribution < 1.29 is 14.3 Å². The summed E-state index contributed by atoms with van der Waals surface area (Å²) in [7, 11) is 0. The Kier molecular flexibility index (Phi) is 3.06. The first-order valence-corrected chi connectivity index (χ1v) is 4.24. The molecule has 1 aliphatic rings. The van der Waals surface area contributed by atoms with Gasteiger partial charge in [-0.15, -0.1) is 0 Å². The fourth-order valence-electron chi connectivity index (χ4n) is 1.42. The molecule has 0 aromatic rings. The van der Waals surface area contributed by atoms with E-state index in [2.05, 4.69) is 0 Å². The molecule has 13 heavy (non-hydrogen) atoms. The number of hydrogen-bond acceptors (Lipinski definition) is 3. The number of carbonyl (C=O) groups excluding carboxylic acids is 2. The van der Waals surface area contributed by atoms with E-state index in [9.17, 15) is 9.59 Å². The molecule has 0 aromatic heterocycles. The summed E-state index contributed by atoms with van der Waals surface area (Å²) in [5, 5.41) is 0. The van der Waals surface area contributed by atoms with Crippen LogP contribution in [0.5, 0.6) is 0 Å². The first-order valence-electron chi connectivity index (χ1n) is 4.24. The zero-order chi connectivity index (χ0) is 9.84. The Labute approximate surface area is 76.7 Å². The van der Waals surface area contributed by atoms with E-state index in [1.54, 1.807) is 6.08 Å². The third-order valence-electron chi connectivity index (χ3n) is 2.03. The number of esters is 1. The van der Waals surface area contributed by atoms with Crippen LogP contribution in [0.3, 0.4) is 0 Å². The predicted octanol–water partition coefficient (Wildman–Crippen LogP) is 0.370. The van der Waals surface area contributed by atoms with Crippen molar-refractivity contribution in [2.75, 3.05) is 0 Å². The van der Waals surface area contributed by atoms with Crippen molar-refractivity contribution in [2.24, 2.45) is 11.7 Å². The van der Waals surface area contributed by atoms with Gasteiger partial charge in [0.2, 0.25) is 5.91 Å². The van der Waals surface area contributed by atoms with Crippen LogP contribution in [-0.4, -0.2) is 18.0 Å². The minimum absolute atomic E-state index is 0.367. The highest BCUT2D eigenvalue weighted by atomic mass is 16.5. The number of rotatable bonds is 2. The van der Waals surface area contributed by atoms with Crippen molar-refractivity contribution in [1.29, 1.82) is 0 Å². The van der Waals surface area contributed by atoms with Crippen LogP contribution in [0.2, 0.25) is 0 Å². The Morgan fingerprint density at radius 1 is 1.54 bits per heavy atom. The maximum atomic E-state index is 10.9. The maximum Gasteiger partial charge on any atom is 0.303 e. The van der Waals surface area contributed by atoms with E-state index < -0.39 is 12.0 Å². The summed E-state index contributed by atoms with van der Waals surface area (Å²) >= 11 is 0. The summed E-state index contributed by atoms with van der Waals surface area (Å²) in [5.41, 5.74) is 5.17. The van der Waals surface area contributed by atoms with Crippen molar-refractivity contribution in [3.8, 4) is 0 Å². The molecule has 4 heteroatoms. The monoisotopic (exact) mass is 183 g/mol. The molecule has 4 nitrogen and oxygen atoms in total. The molecule has 0 radical (unpaired) electrons. The molecule has 72 valence electrons. The van der Waals surface area contributed by atoms with Crippen LogP contribution >= 0.6 is 0 Å². The molecule has 2 atom stereocenters. The highest BCUT2D eigenvalue weighted by Gasteiger charge is 2.28. The van der Waals surface area contributed by atoms with Gasteiger partial charge in [0.05, 0.1) is 5.92 Å². The molecular weight excluding hydrogens is 170 g/mol. The minimum atomic E-state index is -0.469. The molecule has 0 aromatic carbocycles. The molecule has 0 fully saturated rings. The zero-order valence-electron chi connectivity index (χ0n) is 7.53. The lowest BCUT2D eigenvalue weighted by molar-refractivity contribution is -0.148. The molecule has 0 heterocycles. The molecule has 0 aliphatic heterocycles. The lowest BCUT2D eigenvalue weighted by atomic mass is 9.91.